The van der Waals surface area contributed by atoms with Gasteiger partial charge in [-0.05, 0) is 25.8 Å². The summed E-state index contributed by atoms with van der Waals surface area (Å²) >= 11 is 0. The van der Waals surface area contributed by atoms with E-state index in [-0.39, 0.29) is 22.9 Å². The van der Waals surface area contributed by atoms with Crippen molar-refractivity contribution in [1.29, 1.82) is 0 Å². The minimum atomic E-state index is -3.11. The van der Waals surface area contributed by atoms with Gasteiger partial charge in [0.05, 0.1) is 23.3 Å². The topological polar surface area (TPSA) is 88.2 Å². The lowest BCUT2D eigenvalue weighted by atomic mass is 10.1. The molecule has 0 radical (unpaired) electrons. The summed E-state index contributed by atoms with van der Waals surface area (Å²) in [4.78, 5) is 16.1. The molecular weight excluding hydrogens is 297 g/mol. The number of rotatable bonds is 4. The number of hydrogen-bond acceptors (Lipinski definition) is 5. The summed E-state index contributed by atoms with van der Waals surface area (Å²) in [5.74, 6) is -0.755. The first-order valence-electron chi connectivity index (χ1n) is 6.82. The third-order valence-corrected chi connectivity index (χ3v) is 5.06. The summed E-state index contributed by atoms with van der Waals surface area (Å²) in [5, 5.41) is 5.53. The van der Waals surface area contributed by atoms with Crippen LogP contribution in [0, 0.1) is 5.82 Å². The number of amides is 1. The summed E-state index contributed by atoms with van der Waals surface area (Å²) in [6.07, 6.45) is 2.15. The molecule has 1 aliphatic rings. The molecular formula is C13H18FN3O3S. The van der Waals surface area contributed by atoms with Crippen LogP contribution in [0.15, 0.2) is 12.3 Å². The van der Waals surface area contributed by atoms with Crippen molar-refractivity contribution >= 4 is 21.6 Å². The normalized spacial score (nSPS) is 20.8. The standard InChI is InChI=1S/C13H18FN3O3S/c1-2-15-12-11(6-9(14)7-16-12)13(18)17-10-4-3-5-21(19,20)8-10/h6-7,10H,2-5,8H2,1H3,(H,15,16)(H,17,18). The Morgan fingerprint density at radius 2 is 2.29 bits per heavy atom. The van der Waals surface area contributed by atoms with Crippen molar-refractivity contribution in [2.24, 2.45) is 0 Å². The minimum absolute atomic E-state index is 0.0714. The van der Waals surface area contributed by atoms with E-state index in [4.69, 9.17) is 0 Å². The van der Waals surface area contributed by atoms with Crippen molar-refractivity contribution in [3.8, 4) is 0 Å². The fraction of sp³-hybridized carbons (Fsp3) is 0.538. The van der Waals surface area contributed by atoms with Crippen LogP contribution in [0.3, 0.4) is 0 Å². The average molecular weight is 315 g/mol. The van der Waals surface area contributed by atoms with Gasteiger partial charge in [-0.3, -0.25) is 4.79 Å². The number of nitrogens with zero attached hydrogens (tertiary/aromatic N) is 1. The summed E-state index contributed by atoms with van der Waals surface area (Å²) in [6.45, 7) is 2.37. The first-order valence-corrected chi connectivity index (χ1v) is 8.64. The summed E-state index contributed by atoms with van der Waals surface area (Å²) in [5.41, 5.74) is 0.0832. The Balaban J connectivity index is 2.14. The predicted molar refractivity (Wildman–Crippen MR) is 77.5 cm³/mol. The second-order valence-electron chi connectivity index (χ2n) is 5.01. The summed E-state index contributed by atoms with van der Waals surface area (Å²) in [6, 6.07) is 0.659. The van der Waals surface area contributed by atoms with Crippen molar-refractivity contribution < 1.29 is 17.6 Å². The van der Waals surface area contributed by atoms with Crippen LogP contribution in [0.2, 0.25) is 0 Å². The fourth-order valence-electron chi connectivity index (χ4n) is 2.32. The van der Waals surface area contributed by atoms with Gasteiger partial charge in [0, 0.05) is 12.6 Å². The van der Waals surface area contributed by atoms with Crippen LogP contribution < -0.4 is 10.6 Å². The van der Waals surface area contributed by atoms with Gasteiger partial charge < -0.3 is 10.6 Å². The molecule has 0 aliphatic carbocycles. The molecule has 1 aliphatic heterocycles. The number of pyridine rings is 1. The Hall–Kier alpha value is -1.70. The number of hydrogen-bond donors (Lipinski definition) is 2. The highest BCUT2D eigenvalue weighted by Gasteiger charge is 2.27. The van der Waals surface area contributed by atoms with E-state index in [1.807, 2.05) is 6.92 Å². The monoisotopic (exact) mass is 315 g/mol. The molecule has 1 unspecified atom stereocenters. The Morgan fingerprint density at radius 1 is 1.52 bits per heavy atom. The van der Waals surface area contributed by atoms with E-state index in [1.54, 1.807) is 0 Å². The zero-order valence-electron chi connectivity index (χ0n) is 11.7. The first kappa shape index (κ1) is 15.7. The molecule has 6 nitrogen and oxygen atoms in total. The van der Waals surface area contributed by atoms with E-state index < -0.39 is 27.6 Å². The van der Waals surface area contributed by atoms with E-state index in [1.165, 1.54) is 0 Å². The van der Waals surface area contributed by atoms with Crippen LogP contribution in [0.4, 0.5) is 10.2 Å². The van der Waals surface area contributed by atoms with Gasteiger partial charge in [-0.15, -0.1) is 0 Å². The third kappa shape index (κ3) is 4.13. The molecule has 21 heavy (non-hydrogen) atoms. The number of halogens is 1. The maximum Gasteiger partial charge on any atom is 0.255 e. The Bertz CT molecular complexity index is 634. The molecule has 116 valence electrons. The SMILES string of the molecule is CCNc1ncc(F)cc1C(=O)NC1CCCS(=O)(=O)C1. The number of carbonyl (C=O) groups is 1. The highest BCUT2D eigenvalue weighted by atomic mass is 32.2. The van der Waals surface area contributed by atoms with Crippen molar-refractivity contribution in [2.75, 3.05) is 23.4 Å². The van der Waals surface area contributed by atoms with Gasteiger partial charge in [0.1, 0.15) is 11.6 Å². The number of anilines is 1. The summed E-state index contributed by atoms with van der Waals surface area (Å²) < 4.78 is 36.4. The third-order valence-electron chi connectivity index (χ3n) is 3.24. The number of sulfone groups is 1. The van der Waals surface area contributed by atoms with Crippen molar-refractivity contribution in [2.45, 2.75) is 25.8 Å². The number of nitrogens with one attached hydrogen (secondary N) is 2. The zero-order valence-corrected chi connectivity index (χ0v) is 12.5. The lowest BCUT2D eigenvalue weighted by molar-refractivity contribution is 0.0938. The molecule has 8 heteroatoms. The molecule has 0 spiro atoms. The molecule has 1 atom stereocenters. The molecule has 2 heterocycles. The van der Waals surface area contributed by atoms with E-state index in [0.717, 1.165) is 12.3 Å². The molecule has 1 amide bonds. The van der Waals surface area contributed by atoms with Gasteiger partial charge in [0.15, 0.2) is 9.84 Å². The zero-order chi connectivity index (χ0) is 15.5. The van der Waals surface area contributed by atoms with Crippen LogP contribution >= 0.6 is 0 Å². The van der Waals surface area contributed by atoms with Gasteiger partial charge >= 0.3 is 0 Å². The first-order chi connectivity index (χ1) is 9.91. The average Bonchev–Trinajstić information content (AvgIpc) is 2.40. The molecule has 2 rings (SSSR count). The lowest BCUT2D eigenvalue weighted by Crippen LogP contribution is -2.43. The van der Waals surface area contributed by atoms with Crippen LogP contribution in [-0.2, 0) is 9.84 Å². The number of carbonyl (C=O) groups excluding carboxylic acids is 1. The van der Waals surface area contributed by atoms with Gasteiger partial charge in [-0.25, -0.2) is 17.8 Å². The quantitative estimate of drug-likeness (QED) is 0.864. The Kier molecular flexibility index (Phi) is 4.76. The Morgan fingerprint density at radius 3 is 2.95 bits per heavy atom. The van der Waals surface area contributed by atoms with Gasteiger partial charge in [-0.2, -0.15) is 0 Å². The predicted octanol–water partition coefficient (Wildman–Crippen LogP) is 0.959. The van der Waals surface area contributed by atoms with E-state index in [0.29, 0.717) is 19.4 Å². The summed E-state index contributed by atoms with van der Waals surface area (Å²) in [7, 11) is -3.11. The van der Waals surface area contributed by atoms with Crippen molar-refractivity contribution in [1.82, 2.24) is 10.3 Å². The maximum atomic E-state index is 13.3. The molecule has 0 aromatic carbocycles. The van der Waals surface area contributed by atoms with Crippen molar-refractivity contribution in [3.63, 3.8) is 0 Å². The fourth-order valence-corrected chi connectivity index (χ4v) is 3.96. The highest BCUT2D eigenvalue weighted by Crippen LogP contribution is 2.16. The Labute approximate surface area is 123 Å². The molecule has 1 saturated heterocycles. The number of aromatic nitrogens is 1. The van der Waals surface area contributed by atoms with E-state index in [9.17, 15) is 17.6 Å². The molecule has 0 bridgehead atoms. The van der Waals surface area contributed by atoms with E-state index in [2.05, 4.69) is 15.6 Å². The van der Waals surface area contributed by atoms with Gasteiger partial charge in [0.25, 0.3) is 5.91 Å². The maximum absolute atomic E-state index is 13.3. The molecule has 1 aromatic rings. The van der Waals surface area contributed by atoms with Crippen LogP contribution in [0.1, 0.15) is 30.1 Å². The molecule has 0 saturated carbocycles. The van der Waals surface area contributed by atoms with Crippen LogP contribution in [0.5, 0.6) is 0 Å². The minimum Gasteiger partial charge on any atom is -0.370 e. The van der Waals surface area contributed by atoms with Crippen LogP contribution in [0.25, 0.3) is 0 Å². The largest absolute Gasteiger partial charge is 0.370 e. The molecule has 1 aromatic heterocycles. The van der Waals surface area contributed by atoms with Crippen molar-refractivity contribution in [3.05, 3.63) is 23.6 Å². The second kappa shape index (κ2) is 6.38. The highest BCUT2D eigenvalue weighted by molar-refractivity contribution is 7.91. The lowest BCUT2D eigenvalue weighted by Gasteiger charge is -2.23. The smallest absolute Gasteiger partial charge is 0.255 e. The van der Waals surface area contributed by atoms with Gasteiger partial charge in [-0.1, -0.05) is 0 Å². The van der Waals surface area contributed by atoms with E-state index >= 15 is 0 Å². The molecule has 2 N–H and O–H groups in total. The molecule has 1 fully saturated rings. The van der Waals surface area contributed by atoms with Gasteiger partial charge in [0.2, 0.25) is 0 Å². The van der Waals surface area contributed by atoms with Crippen LogP contribution in [-0.4, -0.2) is 43.4 Å². The second-order valence-corrected chi connectivity index (χ2v) is 7.24.